The number of hydrogen-bond acceptors (Lipinski definition) is 4. The molecule has 2 fully saturated rings. The molecule has 0 radical (unpaired) electrons. The molecule has 4 rings (SSSR count). The molecule has 2 amide bonds. The number of carbonyl (C=O) groups excluding carboxylic acids is 2. The molecule has 2 saturated heterocycles. The Hall–Kier alpha value is -1.50. The molecular weight excluding hydrogens is 350 g/mol. The second-order valence-electron chi connectivity index (χ2n) is 6.00. The molecule has 6 heteroatoms. The highest BCUT2D eigenvalue weighted by Crippen LogP contribution is 2.52. The summed E-state index contributed by atoms with van der Waals surface area (Å²) in [6.45, 7) is 1.64. The molecule has 4 atom stereocenters. The Labute approximate surface area is 135 Å². The summed E-state index contributed by atoms with van der Waals surface area (Å²) in [5, 5.41) is 9.67. The molecule has 1 aromatic carbocycles. The first kappa shape index (κ1) is 14.1. The lowest BCUT2D eigenvalue weighted by atomic mass is 9.77. The van der Waals surface area contributed by atoms with Crippen molar-refractivity contribution in [3.05, 3.63) is 40.4 Å². The molecule has 114 valence electrons. The molecule has 3 aliphatic heterocycles. The van der Waals surface area contributed by atoms with Gasteiger partial charge in [0.1, 0.15) is 5.60 Å². The lowest BCUT2D eigenvalue weighted by Gasteiger charge is -2.26. The fourth-order valence-corrected chi connectivity index (χ4v) is 4.03. The number of ether oxygens (including phenoxy) is 1. The van der Waals surface area contributed by atoms with E-state index in [1.54, 1.807) is 24.3 Å². The minimum absolute atomic E-state index is 0.254. The fourth-order valence-electron chi connectivity index (χ4n) is 3.66. The second kappa shape index (κ2) is 4.50. The van der Waals surface area contributed by atoms with Gasteiger partial charge in [0.25, 0.3) is 0 Å². The number of amides is 2. The minimum Gasteiger partial charge on any atom is -0.393 e. The number of aliphatic hydroxyl groups is 1. The Balaban J connectivity index is 1.77. The molecule has 22 heavy (non-hydrogen) atoms. The number of aryl methyl sites for hydroxylation is 1. The first-order chi connectivity index (χ1) is 10.5. The topological polar surface area (TPSA) is 66.8 Å². The van der Waals surface area contributed by atoms with E-state index in [0.29, 0.717) is 5.69 Å². The zero-order valence-electron chi connectivity index (χ0n) is 11.8. The van der Waals surface area contributed by atoms with Crippen LogP contribution in [0.25, 0.3) is 0 Å². The summed E-state index contributed by atoms with van der Waals surface area (Å²) in [4.78, 5) is 26.8. The average molecular weight is 364 g/mol. The summed E-state index contributed by atoms with van der Waals surface area (Å²) in [7, 11) is 0. The van der Waals surface area contributed by atoms with Gasteiger partial charge < -0.3 is 9.84 Å². The van der Waals surface area contributed by atoms with E-state index in [2.05, 4.69) is 15.9 Å². The lowest BCUT2D eigenvalue weighted by molar-refractivity contribution is -0.128. The Bertz CT molecular complexity index is 731. The van der Waals surface area contributed by atoms with Gasteiger partial charge in [0.15, 0.2) is 0 Å². The Kier molecular flexibility index (Phi) is 2.89. The van der Waals surface area contributed by atoms with E-state index in [0.717, 1.165) is 10.0 Å². The van der Waals surface area contributed by atoms with Crippen molar-refractivity contribution in [3.63, 3.8) is 0 Å². The Morgan fingerprint density at radius 1 is 1.36 bits per heavy atom. The number of hydrogen-bond donors (Lipinski definition) is 1. The zero-order chi connectivity index (χ0) is 15.6. The van der Waals surface area contributed by atoms with Crippen LogP contribution in [-0.4, -0.2) is 35.2 Å². The normalized spacial score (nSPS) is 35.6. The Morgan fingerprint density at radius 2 is 2.14 bits per heavy atom. The van der Waals surface area contributed by atoms with Crippen molar-refractivity contribution in [2.75, 3.05) is 11.5 Å². The molecule has 1 aromatic rings. The van der Waals surface area contributed by atoms with Crippen LogP contribution in [0.15, 0.2) is 34.8 Å². The van der Waals surface area contributed by atoms with Crippen molar-refractivity contribution in [3.8, 4) is 0 Å². The predicted molar refractivity (Wildman–Crippen MR) is 82.2 cm³/mol. The predicted octanol–water partition coefficient (Wildman–Crippen LogP) is 1.56. The van der Waals surface area contributed by atoms with Gasteiger partial charge in [-0.15, -0.1) is 0 Å². The molecule has 0 aliphatic carbocycles. The Morgan fingerprint density at radius 3 is 2.82 bits per heavy atom. The van der Waals surface area contributed by atoms with Crippen LogP contribution in [-0.2, 0) is 14.3 Å². The number of benzene rings is 1. The van der Waals surface area contributed by atoms with E-state index in [1.807, 2.05) is 13.0 Å². The molecule has 0 aromatic heterocycles. The van der Waals surface area contributed by atoms with Crippen molar-refractivity contribution in [1.29, 1.82) is 0 Å². The maximum absolute atomic E-state index is 12.8. The average Bonchev–Trinajstić information content (AvgIpc) is 3.14. The fraction of sp³-hybridized carbons (Fsp3) is 0.375. The largest absolute Gasteiger partial charge is 0.393 e. The van der Waals surface area contributed by atoms with Crippen molar-refractivity contribution in [2.24, 2.45) is 11.8 Å². The van der Waals surface area contributed by atoms with Crippen LogP contribution in [0.2, 0.25) is 0 Å². The molecule has 2 bridgehead atoms. The molecule has 1 N–H and O–H groups in total. The molecular formula is C16H14BrNO4. The van der Waals surface area contributed by atoms with E-state index in [9.17, 15) is 14.7 Å². The van der Waals surface area contributed by atoms with Crippen LogP contribution >= 0.6 is 15.9 Å². The summed E-state index contributed by atoms with van der Waals surface area (Å²) < 4.78 is 6.55. The SMILES string of the molecule is Cc1ccc(N2C(=O)[C@H]3[C@@H]4C=C[C@@](CO)(O4)[C@H]3C2=O)cc1Br. The third-order valence-electron chi connectivity index (χ3n) is 4.82. The second-order valence-corrected chi connectivity index (χ2v) is 6.86. The van der Waals surface area contributed by atoms with Gasteiger partial charge in [-0.2, -0.15) is 0 Å². The summed E-state index contributed by atoms with van der Waals surface area (Å²) in [6.07, 6.45) is 3.07. The number of imide groups is 1. The summed E-state index contributed by atoms with van der Waals surface area (Å²) in [5.41, 5.74) is 0.535. The van der Waals surface area contributed by atoms with E-state index in [4.69, 9.17) is 4.74 Å². The number of aliphatic hydroxyl groups excluding tert-OH is 1. The van der Waals surface area contributed by atoms with Crippen LogP contribution in [0.4, 0.5) is 5.69 Å². The van der Waals surface area contributed by atoms with E-state index in [1.165, 1.54) is 4.90 Å². The van der Waals surface area contributed by atoms with Crippen molar-refractivity contribution >= 4 is 33.4 Å². The highest BCUT2D eigenvalue weighted by Gasteiger charge is 2.67. The maximum atomic E-state index is 12.8. The van der Waals surface area contributed by atoms with Crippen molar-refractivity contribution in [2.45, 2.75) is 18.6 Å². The van der Waals surface area contributed by atoms with Gasteiger partial charge in [-0.25, -0.2) is 4.90 Å². The van der Waals surface area contributed by atoms with E-state index in [-0.39, 0.29) is 18.4 Å². The molecule has 0 spiro atoms. The maximum Gasteiger partial charge on any atom is 0.241 e. The smallest absolute Gasteiger partial charge is 0.241 e. The van der Waals surface area contributed by atoms with Crippen molar-refractivity contribution < 1.29 is 19.4 Å². The number of carbonyl (C=O) groups is 2. The molecule has 0 unspecified atom stereocenters. The summed E-state index contributed by atoms with van der Waals surface area (Å²) in [6, 6.07) is 5.39. The van der Waals surface area contributed by atoms with Crippen LogP contribution in [0.1, 0.15) is 5.56 Å². The third kappa shape index (κ3) is 1.60. The van der Waals surface area contributed by atoms with Gasteiger partial charge in [-0.05, 0) is 24.6 Å². The van der Waals surface area contributed by atoms with Gasteiger partial charge in [-0.3, -0.25) is 9.59 Å². The molecule has 3 heterocycles. The van der Waals surface area contributed by atoms with Gasteiger partial charge in [-0.1, -0.05) is 34.1 Å². The summed E-state index contributed by atoms with van der Waals surface area (Å²) >= 11 is 3.43. The number of fused-ring (bicyclic) bond motifs is 5. The standard InChI is InChI=1S/C16H14BrNO4/c1-8-2-3-9(6-10(8)17)18-14(20)12-11-4-5-16(7-19,22-11)13(12)15(18)21/h2-6,11-13,19H,7H2,1H3/t11-,12-,13+,16-/m0/s1. The van der Waals surface area contributed by atoms with Crippen LogP contribution in [0.3, 0.4) is 0 Å². The van der Waals surface area contributed by atoms with Gasteiger partial charge >= 0.3 is 0 Å². The highest BCUT2D eigenvalue weighted by molar-refractivity contribution is 9.10. The van der Waals surface area contributed by atoms with Crippen LogP contribution in [0.5, 0.6) is 0 Å². The first-order valence-corrected chi connectivity index (χ1v) is 7.90. The summed E-state index contributed by atoms with van der Waals surface area (Å²) in [5.74, 6) is -1.73. The lowest BCUT2D eigenvalue weighted by Crippen LogP contribution is -2.43. The quantitative estimate of drug-likeness (QED) is 0.639. The third-order valence-corrected chi connectivity index (χ3v) is 5.67. The molecule has 5 nitrogen and oxygen atoms in total. The monoisotopic (exact) mass is 363 g/mol. The highest BCUT2D eigenvalue weighted by atomic mass is 79.9. The molecule has 3 aliphatic rings. The van der Waals surface area contributed by atoms with Crippen LogP contribution < -0.4 is 4.90 Å². The van der Waals surface area contributed by atoms with Crippen LogP contribution in [0, 0.1) is 18.8 Å². The van der Waals surface area contributed by atoms with Gasteiger partial charge in [0, 0.05) is 4.47 Å². The number of anilines is 1. The number of nitrogens with zero attached hydrogens (tertiary/aromatic N) is 1. The van der Waals surface area contributed by atoms with Gasteiger partial charge in [0.2, 0.25) is 11.8 Å². The minimum atomic E-state index is -1.04. The molecule has 0 saturated carbocycles. The van der Waals surface area contributed by atoms with E-state index >= 15 is 0 Å². The van der Waals surface area contributed by atoms with Crippen molar-refractivity contribution in [1.82, 2.24) is 0 Å². The zero-order valence-corrected chi connectivity index (χ0v) is 13.4. The van der Waals surface area contributed by atoms with E-state index < -0.39 is 23.5 Å². The first-order valence-electron chi connectivity index (χ1n) is 7.10. The number of halogens is 1. The van der Waals surface area contributed by atoms with Gasteiger partial charge in [0.05, 0.1) is 30.2 Å². The number of rotatable bonds is 2.